The van der Waals surface area contributed by atoms with E-state index in [1.165, 1.54) is 11.3 Å². The summed E-state index contributed by atoms with van der Waals surface area (Å²) in [6.07, 6.45) is 0. The molecule has 1 heterocycles. The number of hydrogen-bond acceptors (Lipinski definition) is 5. The van der Waals surface area contributed by atoms with Crippen LogP contribution in [0.15, 0.2) is 30.3 Å². The SMILES string of the molecule is COc1ccc(C)c2sc(NNC(=O)c3ccc(C)cc3C)nc12. The van der Waals surface area contributed by atoms with Gasteiger partial charge in [-0.1, -0.05) is 35.1 Å². The number of hydrogen-bond donors (Lipinski definition) is 2. The molecule has 2 aromatic carbocycles. The van der Waals surface area contributed by atoms with E-state index in [-0.39, 0.29) is 5.91 Å². The van der Waals surface area contributed by atoms with Gasteiger partial charge in [0.1, 0.15) is 11.3 Å². The van der Waals surface area contributed by atoms with Gasteiger partial charge >= 0.3 is 0 Å². The zero-order valence-electron chi connectivity index (χ0n) is 14.1. The molecule has 0 spiro atoms. The molecule has 2 N–H and O–H groups in total. The lowest BCUT2D eigenvalue weighted by Gasteiger charge is -2.08. The van der Waals surface area contributed by atoms with Crippen molar-refractivity contribution in [2.75, 3.05) is 12.5 Å². The first-order chi connectivity index (χ1) is 11.5. The van der Waals surface area contributed by atoms with Gasteiger partial charge in [0.15, 0.2) is 0 Å². The molecule has 0 saturated carbocycles. The normalized spacial score (nSPS) is 10.7. The Hall–Kier alpha value is -2.60. The average molecular weight is 341 g/mol. The molecule has 1 aromatic heterocycles. The van der Waals surface area contributed by atoms with Crippen LogP contribution in [0, 0.1) is 20.8 Å². The Morgan fingerprint density at radius 2 is 1.92 bits per heavy atom. The highest BCUT2D eigenvalue weighted by Crippen LogP contribution is 2.34. The number of carbonyl (C=O) groups is 1. The second-order valence-electron chi connectivity index (χ2n) is 5.68. The van der Waals surface area contributed by atoms with Crippen LogP contribution in [-0.4, -0.2) is 18.0 Å². The summed E-state index contributed by atoms with van der Waals surface area (Å²) in [6.45, 7) is 5.95. The number of anilines is 1. The van der Waals surface area contributed by atoms with Crippen LogP contribution in [0.5, 0.6) is 5.75 Å². The predicted molar refractivity (Wildman–Crippen MR) is 97.9 cm³/mol. The molecule has 124 valence electrons. The van der Waals surface area contributed by atoms with E-state index < -0.39 is 0 Å². The fraction of sp³-hybridized carbons (Fsp3) is 0.222. The highest BCUT2D eigenvalue weighted by Gasteiger charge is 2.13. The van der Waals surface area contributed by atoms with Crippen molar-refractivity contribution in [3.63, 3.8) is 0 Å². The molecule has 0 saturated heterocycles. The van der Waals surface area contributed by atoms with E-state index in [9.17, 15) is 4.79 Å². The van der Waals surface area contributed by atoms with Crippen LogP contribution in [-0.2, 0) is 0 Å². The van der Waals surface area contributed by atoms with Gasteiger partial charge in [-0.25, -0.2) is 4.98 Å². The van der Waals surface area contributed by atoms with Gasteiger partial charge in [0, 0.05) is 5.56 Å². The maximum absolute atomic E-state index is 12.3. The third-order valence-corrected chi connectivity index (χ3v) is 4.94. The van der Waals surface area contributed by atoms with Gasteiger partial charge < -0.3 is 4.74 Å². The van der Waals surface area contributed by atoms with Crippen molar-refractivity contribution in [3.8, 4) is 5.75 Å². The Morgan fingerprint density at radius 3 is 2.62 bits per heavy atom. The van der Waals surface area contributed by atoms with Crippen molar-refractivity contribution < 1.29 is 9.53 Å². The topological polar surface area (TPSA) is 63.2 Å². The van der Waals surface area contributed by atoms with E-state index in [4.69, 9.17) is 4.74 Å². The number of benzene rings is 2. The highest BCUT2D eigenvalue weighted by molar-refractivity contribution is 7.22. The Kier molecular flexibility index (Phi) is 4.40. The standard InChI is InChI=1S/C18H19N3O2S/c1-10-5-7-13(12(3)9-10)17(22)20-21-18-19-15-14(23-4)8-6-11(2)16(15)24-18/h5-9H,1-4H3,(H,19,21)(H,20,22). The van der Waals surface area contributed by atoms with Crippen molar-refractivity contribution >= 4 is 32.6 Å². The Morgan fingerprint density at radius 1 is 1.12 bits per heavy atom. The van der Waals surface area contributed by atoms with Gasteiger partial charge in [0.05, 0.1) is 11.8 Å². The molecule has 0 atom stereocenters. The van der Waals surface area contributed by atoms with Crippen molar-refractivity contribution in [1.82, 2.24) is 10.4 Å². The molecule has 24 heavy (non-hydrogen) atoms. The van der Waals surface area contributed by atoms with Crippen LogP contribution < -0.4 is 15.6 Å². The third-order valence-electron chi connectivity index (χ3n) is 3.83. The highest BCUT2D eigenvalue weighted by atomic mass is 32.1. The summed E-state index contributed by atoms with van der Waals surface area (Å²) < 4.78 is 6.39. The van der Waals surface area contributed by atoms with Gasteiger partial charge in [-0.15, -0.1) is 0 Å². The number of thiazole rings is 1. The van der Waals surface area contributed by atoms with E-state index >= 15 is 0 Å². The van der Waals surface area contributed by atoms with Crippen molar-refractivity contribution in [1.29, 1.82) is 0 Å². The quantitative estimate of drug-likeness (QED) is 0.705. The lowest BCUT2D eigenvalue weighted by Crippen LogP contribution is -2.29. The second-order valence-corrected chi connectivity index (χ2v) is 6.68. The molecule has 3 aromatic rings. The lowest BCUT2D eigenvalue weighted by molar-refractivity contribution is 0.0962. The van der Waals surface area contributed by atoms with Crippen LogP contribution in [0.25, 0.3) is 10.2 Å². The third kappa shape index (κ3) is 3.05. The number of aromatic nitrogens is 1. The molecule has 0 fully saturated rings. The van der Waals surface area contributed by atoms with Gasteiger partial charge in [0.2, 0.25) is 5.13 Å². The zero-order valence-corrected chi connectivity index (χ0v) is 14.9. The van der Waals surface area contributed by atoms with Gasteiger partial charge in [-0.2, -0.15) is 0 Å². The van der Waals surface area contributed by atoms with Gasteiger partial charge in [-0.3, -0.25) is 15.6 Å². The molecule has 0 radical (unpaired) electrons. The number of amides is 1. The molecular weight excluding hydrogens is 322 g/mol. The first-order valence-electron chi connectivity index (χ1n) is 7.57. The maximum atomic E-state index is 12.3. The summed E-state index contributed by atoms with van der Waals surface area (Å²) >= 11 is 1.48. The van der Waals surface area contributed by atoms with Gasteiger partial charge in [0.25, 0.3) is 5.91 Å². The fourth-order valence-electron chi connectivity index (χ4n) is 2.57. The molecule has 3 rings (SSSR count). The molecule has 5 nitrogen and oxygen atoms in total. The number of hydrazine groups is 1. The number of aryl methyl sites for hydroxylation is 3. The predicted octanol–water partition coefficient (Wildman–Crippen LogP) is 3.99. The van der Waals surface area contributed by atoms with Crippen molar-refractivity contribution in [2.24, 2.45) is 0 Å². The summed E-state index contributed by atoms with van der Waals surface area (Å²) in [6, 6.07) is 9.63. The Labute approximate surface area is 144 Å². The fourth-order valence-corrected chi connectivity index (χ4v) is 3.48. The number of nitrogens with zero attached hydrogens (tertiary/aromatic N) is 1. The summed E-state index contributed by atoms with van der Waals surface area (Å²) in [5, 5.41) is 0.621. The largest absolute Gasteiger partial charge is 0.494 e. The van der Waals surface area contributed by atoms with E-state index in [2.05, 4.69) is 15.8 Å². The van der Waals surface area contributed by atoms with Crippen molar-refractivity contribution in [2.45, 2.75) is 20.8 Å². The summed E-state index contributed by atoms with van der Waals surface area (Å²) in [7, 11) is 1.62. The number of carbonyl (C=O) groups excluding carboxylic acids is 1. The van der Waals surface area contributed by atoms with Crippen LogP contribution in [0.4, 0.5) is 5.13 Å². The lowest BCUT2D eigenvalue weighted by atomic mass is 10.1. The van der Waals surface area contributed by atoms with Gasteiger partial charge in [-0.05, 0) is 44.0 Å². The molecular formula is C18H19N3O2S. The maximum Gasteiger partial charge on any atom is 0.269 e. The first-order valence-corrected chi connectivity index (χ1v) is 8.39. The number of ether oxygens (including phenoxy) is 1. The summed E-state index contributed by atoms with van der Waals surface area (Å²) in [5.41, 5.74) is 10.2. The van der Waals surface area contributed by atoms with Crippen LogP contribution in [0.1, 0.15) is 27.0 Å². The second kappa shape index (κ2) is 6.49. The Balaban J connectivity index is 1.80. The molecule has 0 aliphatic carbocycles. The van der Waals surface area contributed by atoms with Crippen molar-refractivity contribution in [3.05, 3.63) is 52.6 Å². The van der Waals surface area contributed by atoms with E-state index in [0.29, 0.717) is 10.7 Å². The number of rotatable bonds is 4. The molecule has 0 aliphatic rings. The minimum atomic E-state index is -0.185. The first kappa shape index (κ1) is 16.3. The van der Waals surface area contributed by atoms with Crippen LogP contribution >= 0.6 is 11.3 Å². The smallest absolute Gasteiger partial charge is 0.269 e. The number of methoxy groups -OCH3 is 1. The average Bonchev–Trinajstić information content (AvgIpc) is 2.98. The number of nitrogens with one attached hydrogen (secondary N) is 2. The molecule has 1 amide bonds. The molecule has 0 aliphatic heterocycles. The van der Waals surface area contributed by atoms with E-state index in [1.807, 2.05) is 51.1 Å². The minimum Gasteiger partial charge on any atom is -0.494 e. The number of fused-ring (bicyclic) bond motifs is 1. The van der Waals surface area contributed by atoms with E-state index in [0.717, 1.165) is 32.7 Å². The molecule has 0 unspecified atom stereocenters. The van der Waals surface area contributed by atoms with E-state index in [1.54, 1.807) is 7.11 Å². The zero-order chi connectivity index (χ0) is 17.3. The molecule has 6 heteroatoms. The van der Waals surface area contributed by atoms with Crippen LogP contribution in [0.3, 0.4) is 0 Å². The monoisotopic (exact) mass is 341 g/mol. The molecule has 0 bridgehead atoms. The summed E-state index contributed by atoms with van der Waals surface area (Å²) in [4.78, 5) is 16.8. The van der Waals surface area contributed by atoms with Crippen LogP contribution in [0.2, 0.25) is 0 Å². The Bertz CT molecular complexity index is 918. The summed E-state index contributed by atoms with van der Waals surface area (Å²) in [5.74, 6) is 0.538. The minimum absolute atomic E-state index is 0.185.